The van der Waals surface area contributed by atoms with Gasteiger partial charge in [-0.15, -0.1) is 0 Å². The number of rotatable bonds is 7. The van der Waals surface area contributed by atoms with Gasteiger partial charge in [-0.3, -0.25) is 9.59 Å². The van der Waals surface area contributed by atoms with E-state index in [4.69, 9.17) is 9.47 Å². The van der Waals surface area contributed by atoms with E-state index in [1.807, 2.05) is 6.92 Å². The molecule has 1 aromatic rings. The van der Waals surface area contributed by atoms with E-state index in [-0.39, 0.29) is 5.56 Å². The molecular formula is C17H23FO4. The number of hydrogen-bond donors (Lipinski definition) is 0. The van der Waals surface area contributed by atoms with Crippen LogP contribution in [0.1, 0.15) is 45.0 Å². The van der Waals surface area contributed by atoms with Crippen LogP contribution in [0.15, 0.2) is 18.2 Å². The van der Waals surface area contributed by atoms with Gasteiger partial charge in [0.15, 0.2) is 17.3 Å². The maximum absolute atomic E-state index is 14.2. The predicted molar refractivity (Wildman–Crippen MR) is 82.5 cm³/mol. The zero-order valence-electron chi connectivity index (χ0n) is 13.7. The number of carbonyl (C=O) groups is 2. The summed E-state index contributed by atoms with van der Waals surface area (Å²) in [5.74, 6) is -0.739. The largest absolute Gasteiger partial charge is 0.490 e. The third-order valence-corrected chi connectivity index (χ3v) is 3.03. The Balaban J connectivity index is 3.08. The van der Waals surface area contributed by atoms with Crippen LogP contribution < -0.4 is 9.47 Å². The van der Waals surface area contributed by atoms with Crippen molar-refractivity contribution >= 4 is 11.6 Å². The van der Waals surface area contributed by atoms with Crippen molar-refractivity contribution in [2.75, 3.05) is 13.2 Å². The topological polar surface area (TPSA) is 52.6 Å². The summed E-state index contributed by atoms with van der Waals surface area (Å²) in [5, 5.41) is 0. The SMILES string of the molecule is CCOc1ccc(C(=O)C(F)C(=O)C(C)(C)C)cc1OCC. The third kappa shape index (κ3) is 4.29. The smallest absolute Gasteiger partial charge is 0.221 e. The van der Waals surface area contributed by atoms with Gasteiger partial charge in [0.25, 0.3) is 0 Å². The van der Waals surface area contributed by atoms with E-state index in [0.717, 1.165) is 0 Å². The molecule has 0 spiro atoms. The van der Waals surface area contributed by atoms with Gasteiger partial charge in [-0.1, -0.05) is 20.8 Å². The summed E-state index contributed by atoms with van der Waals surface area (Å²) < 4.78 is 25.0. The van der Waals surface area contributed by atoms with E-state index in [1.165, 1.54) is 12.1 Å². The quantitative estimate of drug-likeness (QED) is 0.570. The molecule has 122 valence electrons. The molecule has 0 saturated carbocycles. The second-order valence-corrected chi connectivity index (χ2v) is 5.87. The zero-order valence-corrected chi connectivity index (χ0v) is 13.7. The zero-order chi connectivity index (χ0) is 16.9. The molecule has 0 aliphatic rings. The first-order valence-electron chi connectivity index (χ1n) is 7.34. The van der Waals surface area contributed by atoms with Gasteiger partial charge in [-0.05, 0) is 32.0 Å². The van der Waals surface area contributed by atoms with Gasteiger partial charge < -0.3 is 9.47 Å². The highest BCUT2D eigenvalue weighted by Gasteiger charge is 2.35. The summed E-state index contributed by atoms with van der Waals surface area (Å²) in [6, 6.07) is 4.41. The van der Waals surface area contributed by atoms with E-state index in [1.54, 1.807) is 33.8 Å². The van der Waals surface area contributed by atoms with Crippen molar-refractivity contribution < 1.29 is 23.5 Å². The van der Waals surface area contributed by atoms with Crippen LogP contribution in [0.5, 0.6) is 11.5 Å². The number of ether oxygens (including phenoxy) is 2. The number of benzene rings is 1. The van der Waals surface area contributed by atoms with Crippen LogP contribution in [-0.4, -0.2) is 31.0 Å². The van der Waals surface area contributed by atoms with Gasteiger partial charge in [0.2, 0.25) is 12.0 Å². The lowest BCUT2D eigenvalue weighted by molar-refractivity contribution is -0.129. The fourth-order valence-electron chi connectivity index (χ4n) is 1.85. The number of Topliss-reactive ketones (excluding diaryl/α,β-unsaturated/α-hetero) is 2. The van der Waals surface area contributed by atoms with Crippen LogP contribution in [0.4, 0.5) is 4.39 Å². The number of carbonyl (C=O) groups excluding carboxylic acids is 2. The molecule has 1 rings (SSSR count). The maximum Gasteiger partial charge on any atom is 0.221 e. The Labute approximate surface area is 130 Å². The Bertz CT molecular complexity index is 546. The van der Waals surface area contributed by atoms with Crippen LogP contribution in [-0.2, 0) is 4.79 Å². The minimum absolute atomic E-state index is 0.0944. The van der Waals surface area contributed by atoms with E-state index in [2.05, 4.69) is 0 Å². The fraction of sp³-hybridized carbons (Fsp3) is 0.529. The molecule has 0 N–H and O–H groups in total. The van der Waals surface area contributed by atoms with Gasteiger partial charge in [0.05, 0.1) is 13.2 Å². The van der Waals surface area contributed by atoms with Crippen molar-refractivity contribution in [3.05, 3.63) is 23.8 Å². The molecule has 5 heteroatoms. The average Bonchev–Trinajstić information content (AvgIpc) is 2.46. The monoisotopic (exact) mass is 310 g/mol. The van der Waals surface area contributed by atoms with Crippen molar-refractivity contribution in [3.63, 3.8) is 0 Å². The minimum Gasteiger partial charge on any atom is -0.490 e. The van der Waals surface area contributed by atoms with Gasteiger partial charge in [-0.2, -0.15) is 0 Å². The summed E-state index contributed by atoms with van der Waals surface area (Å²) in [4.78, 5) is 24.1. The molecule has 22 heavy (non-hydrogen) atoms. The molecule has 1 atom stereocenters. The van der Waals surface area contributed by atoms with Gasteiger partial charge in [0, 0.05) is 11.0 Å². The van der Waals surface area contributed by atoms with Crippen LogP contribution >= 0.6 is 0 Å². The molecule has 0 radical (unpaired) electrons. The van der Waals surface area contributed by atoms with E-state index in [0.29, 0.717) is 24.7 Å². The first-order chi connectivity index (χ1) is 10.2. The Kier molecular flexibility index (Phi) is 6.09. The van der Waals surface area contributed by atoms with Crippen molar-refractivity contribution in [1.82, 2.24) is 0 Å². The first kappa shape index (κ1) is 18.1. The third-order valence-electron chi connectivity index (χ3n) is 3.03. The summed E-state index contributed by atoms with van der Waals surface area (Å²) in [5.41, 5.74) is -0.819. The molecule has 1 aromatic carbocycles. The number of alkyl halides is 1. The van der Waals surface area contributed by atoms with Gasteiger partial charge in [0.1, 0.15) is 0 Å². The molecule has 0 bridgehead atoms. The van der Waals surface area contributed by atoms with E-state index < -0.39 is 23.2 Å². The van der Waals surface area contributed by atoms with Crippen molar-refractivity contribution in [2.24, 2.45) is 5.41 Å². The first-order valence-corrected chi connectivity index (χ1v) is 7.34. The van der Waals surface area contributed by atoms with Crippen molar-refractivity contribution in [3.8, 4) is 11.5 Å². The van der Waals surface area contributed by atoms with Gasteiger partial charge in [-0.25, -0.2) is 4.39 Å². The molecule has 0 aliphatic heterocycles. The molecule has 1 unspecified atom stereocenters. The number of hydrogen-bond acceptors (Lipinski definition) is 4. The molecule has 0 aliphatic carbocycles. The summed E-state index contributed by atoms with van der Waals surface area (Å²) in [7, 11) is 0. The molecule has 0 heterocycles. The predicted octanol–water partition coefficient (Wildman–Crippen LogP) is 3.62. The fourth-order valence-corrected chi connectivity index (χ4v) is 1.85. The summed E-state index contributed by atoms with van der Waals surface area (Å²) in [6.45, 7) is 9.20. The van der Waals surface area contributed by atoms with E-state index >= 15 is 0 Å². The van der Waals surface area contributed by atoms with E-state index in [9.17, 15) is 14.0 Å². The number of ketones is 2. The molecule has 0 fully saturated rings. The minimum atomic E-state index is -2.17. The lowest BCUT2D eigenvalue weighted by Gasteiger charge is -2.19. The molecule has 0 aromatic heterocycles. The van der Waals surface area contributed by atoms with Crippen molar-refractivity contribution in [2.45, 2.75) is 40.8 Å². The molecule has 0 amide bonds. The Morgan fingerprint density at radius 2 is 1.64 bits per heavy atom. The van der Waals surface area contributed by atoms with Crippen LogP contribution in [0.3, 0.4) is 0 Å². The summed E-state index contributed by atoms with van der Waals surface area (Å²) in [6.07, 6.45) is -2.17. The number of halogens is 1. The Hall–Kier alpha value is -1.91. The summed E-state index contributed by atoms with van der Waals surface area (Å²) >= 11 is 0. The second kappa shape index (κ2) is 7.38. The highest BCUT2D eigenvalue weighted by atomic mass is 19.1. The lowest BCUT2D eigenvalue weighted by Crippen LogP contribution is -2.35. The maximum atomic E-state index is 14.2. The lowest BCUT2D eigenvalue weighted by atomic mass is 9.86. The van der Waals surface area contributed by atoms with Crippen LogP contribution in [0.2, 0.25) is 0 Å². The van der Waals surface area contributed by atoms with Crippen LogP contribution in [0, 0.1) is 5.41 Å². The normalized spacial score (nSPS) is 12.6. The molecule has 4 nitrogen and oxygen atoms in total. The highest BCUT2D eigenvalue weighted by molar-refractivity contribution is 6.14. The Morgan fingerprint density at radius 3 is 2.14 bits per heavy atom. The average molecular weight is 310 g/mol. The highest BCUT2D eigenvalue weighted by Crippen LogP contribution is 2.30. The molecule has 0 saturated heterocycles. The molecular weight excluding hydrogens is 287 g/mol. The van der Waals surface area contributed by atoms with Crippen molar-refractivity contribution in [1.29, 1.82) is 0 Å². The second-order valence-electron chi connectivity index (χ2n) is 5.87. The van der Waals surface area contributed by atoms with Gasteiger partial charge >= 0.3 is 0 Å². The Morgan fingerprint density at radius 1 is 1.09 bits per heavy atom. The standard InChI is InChI=1S/C17H23FO4/c1-6-21-12-9-8-11(10-13(12)22-7-2)15(19)14(18)16(20)17(3,4)5/h8-10,14H,6-7H2,1-5H3. The van der Waals surface area contributed by atoms with Crippen LogP contribution in [0.25, 0.3) is 0 Å².